The smallest absolute Gasteiger partial charge is 0.203 e. The van der Waals surface area contributed by atoms with Gasteiger partial charge in [-0.05, 0) is 24.3 Å². The summed E-state index contributed by atoms with van der Waals surface area (Å²) in [6.07, 6.45) is 6.93. The summed E-state index contributed by atoms with van der Waals surface area (Å²) in [5.74, 6) is 3.28. The van der Waals surface area contributed by atoms with E-state index < -0.39 is 0 Å². The Kier molecular flexibility index (Phi) is 4.76. The van der Waals surface area contributed by atoms with E-state index >= 15 is 0 Å². The van der Waals surface area contributed by atoms with Gasteiger partial charge in [0.1, 0.15) is 17.3 Å². The lowest BCUT2D eigenvalue weighted by Gasteiger charge is -2.14. The molecular weight excluding hydrogens is 360 g/mol. The Morgan fingerprint density at radius 1 is 1.11 bits per heavy atom. The molecule has 28 heavy (non-hydrogen) atoms. The first-order chi connectivity index (χ1) is 13.7. The molecular formula is C20H20N4O4. The molecule has 1 N–H and O–H groups in total. The molecule has 0 aliphatic rings. The maximum Gasteiger partial charge on any atom is 0.203 e. The molecule has 0 amide bonds. The molecule has 0 saturated heterocycles. The normalized spacial score (nSPS) is 10.8. The first-order valence-corrected chi connectivity index (χ1v) is 8.64. The lowest BCUT2D eigenvalue weighted by atomic mass is 10.1. The van der Waals surface area contributed by atoms with Crippen LogP contribution >= 0.6 is 0 Å². The highest BCUT2D eigenvalue weighted by Gasteiger charge is 2.19. The van der Waals surface area contributed by atoms with Gasteiger partial charge in [-0.25, -0.2) is 4.98 Å². The number of furan rings is 1. The van der Waals surface area contributed by atoms with E-state index in [0.717, 1.165) is 22.8 Å². The quantitative estimate of drug-likeness (QED) is 0.524. The summed E-state index contributed by atoms with van der Waals surface area (Å²) in [6, 6.07) is 7.51. The second-order valence-electron chi connectivity index (χ2n) is 5.96. The van der Waals surface area contributed by atoms with Crippen LogP contribution in [0.15, 0.2) is 53.5 Å². The number of methoxy groups -OCH3 is 3. The van der Waals surface area contributed by atoms with Gasteiger partial charge in [0.25, 0.3) is 0 Å². The lowest BCUT2D eigenvalue weighted by molar-refractivity contribution is 0.324. The fourth-order valence-electron chi connectivity index (χ4n) is 3.08. The first kappa shape index (κ1) is 17.7. The fourth-order valence-corrected chi connectivity index (χ4v) is 3.08. The maximum absolute atomic E-state index is 5.49. The van der Waals surface area contributed by atoms with Gasteiger partial charge in [-0.15, -0.1) is 0 Å². The SMILES string of the molecule is COc1cc(-c2nc3cnccn3c2NCc2ccco2)cc(OC)c1OC. The third-order valence-corrected chi connectivity index (χ3v) is 4.38. The average molecular weight is 380 g/mol. The predicted octanol–water partition coefficient (Wildman–Crippen LogP) is 3.63. The molecule has 144 valence electrons. The van der Waals surface area contributed by atoms with Crippen molar-refractivity contribution in [1.29, 1.82) is 0 Å². The first-order valence-electron chi connectivity index (χ1n) is 8.64. The molecule has 1 aromatic carbocycles. The van der Waals surface area contributed by atoms with Gasteiger partial charge in [0, 0.05) is 18.0 Å². The van der Waals surface area contributed by atoms with Crippen molar-refractivity contribution in [2.75, 3.05) is 26.6 Å². The van der Waals surface area contributed by atoms with Crippen LogP contribution in [0.2, 0.25) is 0 Å². The highest BCUT2D eigenvalue weighted by atomic mass is 16.5. The second kappa shape index (κ2) is 7.51. The van der Waals surface area contributed by atoms with Gasteiger partial charge in [0.2, 0.25) is 5.75 Å². The minimum absolute atomic E-state index is 0.514. The van der Waals surface area contributed by atoms with Gasteiger partial charge >= 0.3 is 0 Å². The van der Waals surface area contributed by atoms with Crippen molar-refractivity contribution in [1.82, 2.24) is 14.4 Å². The van der Waals surface area contributed by atoms with Crippen LogP contribution in [0.4, 0.5) is 5.82 Å². The Bertz CT molecular complexity index is 1060. The summed E-state index contributed by atoms with van der Waals surface area (Å²) in [5, 5.41) is 3.41. The zero-order chi connectivity index (χ0) is 19.5. The molecule has 0 spiro atoms. The van der Waals surface area contributed by atoms with Crippen molar-refractivity contribution in [3.05, 3.63) is 54.9 Å². The van der Waals surface area contributed by atoms with E-state index in [1.165, 1.54) is 0 Å². The van der Waals surface area contributed by atoms with E-state index in [0.29, 0.717) is 29.4 Å². The van der Waals surface area contributed by atoms with Crippen molar-refractivity contribution >= 4 is 11.5 Å². The molecule has 4 rings (SSSR count). The van der Waals surface area contributed by atoms with Crippen molar-refractivity contribution < 1.29 is 18.6 Å². The van der Waals surface area contributed by atoms with E-state index in [-0.39, 0.29) is 0 Å². The predicted molar refractivity (Wildman–Crippen MR) is 104 cm³/mol. The van der Waals surface area contributed by atoms with Crippen LogP contribution in [0.5, 0.6) is 17.2 Å². The monoisotopic (exact) mass is 380 g/mol. The van der Waals surface area contributed by atoms with Crippen molar-refractivity contribution in [3.63, 3.8) is 0 Å². The number of anilines is 1. The molecule has 0 radical (unpaired) electrons. The lowest BCUT2D eigenvalue weighted by Crippen LogP contribution is -2.03. The summed E-state index contributed by atoms with van der Waals surface area (Å²) in [4.78, 5) is 8.91. The molecule has 4 aromatic rings. The zero-order valence-electron chi connectivity index (χ0n) is 15.8. The Morgan fingerprint density at radius 3 is 2.54 bits per heavy atom. The van der Waals surface area contributed by atoms with Gasteiger partial charge in [-0.2, -0.15) is 0 Å². The maximum atomic E-state index is 5.49. The van der Waals surface area contributed by atoms with Crippen molar-refractivity contribution in [3.8, 4) is 28.5 Å². The van der Waals surface area contributed by atoms with Crippen LogP contribution in [-0.2, 0) is 6.54 Å². The Morgan fingerprint density at radius 2 is 1.89 bits per heavy atom. The molecule has 0 atom stereocenters. The van der Waals surface area contributed by atoms with E-state index in [1.54, 1.807) is 40.0 Å². The van der Waals surface area contributed by atoms with E-state index in [1.807, 2.05) is 34.9 Å². The van der Waals surface area contributed by atoms with Crippen LogP contribution in [-0.4, -0.2) is 35.7 Å². The Labute approximate surface area is 161 Å². The Hall–Kier alpha value is -3.68. The van der Waals surface area contributed by atoms with Crippen LogP contribution in [0.1, 0.15) is 5.76 Å². The minimum atomic E-state index is 0.514. The molecule has 0 aliphatic carbocycles. The van der Waals surface area contributed by atoms with Gasteiger partial charge in [-0.3, -0.25) is 9.38 Å². The number of hydrogen-bond acceptors (Lipinski definition) is 7. The average Bonchev–Trinajstić information content (AvgIpc) is 3.38. The number of benzene rings is 1. The highest BCUT2D eigenvalue weighted by molar-refractivity contribution is 5.79. The summed E-state index contributed by atoms with van der Waals surface area (Å²) < 4.78 is 23.8. The van der Waals surface area contributed by atoms with Crippen molar-refractivity contribution in [2.24, 2.45) is 0 Å². The third kappa shape index (κ3) is 3.09. The summed E-state index contributed by atoms with van der Waals surface area (Å²) in [6.45, 7) is 0.514. The topological polar surface area (TPSA) is 83.1 Å². The highest BCUT2D eigenvalue weighted by Crippen LogP contribution is 2.42. The molecule has 8 heteroatoms. The number of fused-ring (bicyclic) bond motifs is 1. The number of nitrogens with one attached hydrogen (secondary N) is 1. The third-order valence-electron chi connectivity index (χ3n) is 4.38. The number of rotatable bonds is 7. The Balaban J connectivity index is 1.85. The van der Waals surface area contributed by atoms with Crippen LogP contribution in [0, 0.1) is 0 Å². The van der Waals surface area contributed by atoms with Gasteiger partial charge < -0.3 is 23.9 Å². The van der Waals surface area contributed by atoms with Crippen LogP contribution < -0.4 is 19.5 Å². The standard InChI is InChI=1S/C20H20N4O4/c1-25-15-9-13(10-16(26-2)19(15)27-3)18-20(22-11-14-5-4-8-28-14)24-7-6-21-12-17(24)23-18/h4-10,12,22H,11H2,1-3H3. The summed E-state index contributed by atoms with van der Waals surface area (Å²) in [7, 11) is 4.75. The minimum Gasteiger partial charge on any atom is -0.493 e. The van der Waals surface area contributed by atoms with Crippen LogP contribution in [0.25, 0.3) is 16.9 Å². The number of nitrogens with zero attached hydrogens (tertiary/aromatic N) is 3. The summed E-state index contributed by atoms with van der Waals surface area (Å²) >= 11 is 0. The van der Waals surface area contributed by atoms with Crippen LogP contribution in [0.3, 0.4) is 0 Å². The molecule has 0 bridgehead atoms. The molecule has 8 nitrogen and oxygen atoms in total. The molecule has 0 saturated carbocycles. The van der Waals surface area contributed by atoms with E-state index in [9.17, 15) is 0 Å². The van der Waals surface area contributed by atoms with Gasteiger partial charge in [0.15, 0.2) is 17.1 Å². The molecule has 3 aromatic heterocycles. The van der Waals surface area contributed by atoms with E-state index in [4.69, 9.17) is 23.6 Å². The zero-order valence-corrected chi connectivity index (χ0v) is 15.8. The molecule has 0 aliphatic heterocycles. The second-order valence-corrected chi connectivity index (χ2v) is 5.96. The molecule has 0 unspecified atom stereocenters. The van der Waals surface area contributed by atoms with Crippen molar-refractivity contribution in [2.45, 2.75) is 6.54 Å². The number of hydrogen-bond donors (Lipinski definition) is 1. The van der Waals surface area contributed by atoms with E-state index in [2.05, 4.69) is 10.3 Å². The molecule has 3 heterocycles. The number of aromatic nitrogens is 3. The van der Waals surface area contributed by atoms with Gasteiger partial charge in [-0.1, -0.05) is 0 Å². The fraction of sp³-hybridized carbons (Fsp3) is 0.200. The molecule has 0 fully saturated rings. The number of imidazole rings is 1. The largest absolute Gasteiger partial charge is 0.493 e. The summed E-state index contributed by atoms with van der Waals surface area (Å²) in [5.41, 5.74) is 2.27. The number of ether oxygens (including phenoxy) is 3. The van der Waals surface area contributed by atoms with Gasteiger partial charge in [0.05, 0.1) is 40.3 Å².